The van der Waals surface area contributed by atoms with Crippen LogP contribution in [0.3, 0.4) is 0 Å². The third kappa shape index (κ3) is 3.95. The first-order chi connectivity index (χ1) is 14.2. The Morgan fingerprint density at radius 3 is 2.83 bits per heavy atom. The number of allylic oxidation sites excluding steroid dienone is 1. The number of fused-ring (bicyclic) bond motifs is 3. The number of rotatable bonds is 7. The van der Waals surface area contributed by atoms with Gasteiger partial charge in [-0.15, -0.1) is 0 Å². The van der Waals surface area contributed by atoms with Gasteiger partial charge in [0.25, 0.3) is 5.91 Å². The summed E-state index contributed by atoms with van der Waals surface area (Å²) in [5.41, 5.74) is 3.11. The first kappa shape index (κ1) is 19.0. The number of aliphatic hydroxyl groups excluding tert-OH is 1. The van der Waals surface area contributed by atoms with E-state index in [1.165, 1.54) is 0 Å². The van der Waals surface area contributed by atoms with Crippen LogP contribution < -0.4 is 15.4 Å². The lowest BCUT2D eigenvalue weighted by Crippen LogP contribution is -2.20. The van der Waals surface area contributed by atoms with Crippen molar-refractivity contribution in [3.05, 3.63) is 65.8 Å². The van der Waals surface area contributed by atoms with Gasteiger partial charge in [0.1, 0.15) is 35.0 Å². The van der Waals surface area contributed by atoms with Crippen molar-refractivity contribution in [3.63, 3.8) is 0 Å². The molecular weight excluding hydrogens is 368 g/mol. The molecule has 7 heteroatoms. The van der Waals surface area contributed by atoms with Crippen LogP contribution in [0.4, 0.5) is 5.69 Å². The Morgan fingerprint density at radius 2 is 2.03 bits per heavy atom. The van der Waals surface area contributed by atoms with Crippen LogP contribution >= 0.6 is 0 Å². The molecule has 0 unspecified atom stereocenters. The molecule has 29 heavy (non-hydrogen) atoms. The van der Waals surface area contributed by atoms with Crippen molar-refractivity contribution >= 4 is 22.8 Å². The van der Waals surface area contributed by atoms with Gasteiger partial charge in [-0.05, 0) is 49.4 Å². The van der Waals surface area contributed by atoms with Gasteiger partial charge in [0.05, 0.1) is 5.69 Å². The highest BCUT2D eigenvalue weighted by Crippen LogP contribution is 2.31. The van der Waals surface area contributed by atoms with Gasteiger partial charge in [0.2, 0.25) is 0 Å². The number of nitrogens with zero attached hydrogens (tertiary/aromatic N) is 2. The van der Waals surface area contributed by atoms with E-state index in [0.29, 0.717) is 30.8 Å². The maximum absolute atomic E-state index is 12.9. The van der Waals surface area contributed by atoms with E-state index < -0.39 is 0 Å². The Morgan fingerprint density at radius 1 is 1.21 bits per heavy atom. The van der Waals surface area contributed by atoms with Crippen LogP contribution in [0.5, 0.6) is 5.75 Å². The fraction of sp³-hybridized carbons (Fsp3) is 0.273. The summed E-state index contributed by atoms with van der Waals surface area (Å²) in [6, 6.07) is 12.9. The van der Waals surface area contributed by atoms with E-state index in [1.807, 2.05) is 47.9 Å². The molecule has 0 aliphatic heterocycles. The summed E-state index contributed by atoms with van der Waals surface area (Å²) in [6.07, 6.45) is 2.98. The number of ether oxygens (including phenoxy) is 1. The Hall–Kier alpha value is -3.32. The zero-order valence-electron chi connectivity index (χ0n) is 16.3. The quantitative estimate of drug-likeness (QED) is 0.538. The second-order valence-corrected chi connectivity index (χ2v) is 6.84. The summed E-state index contributed by atoms with van der Waals surface area (Å²) in [7, 11) is 0. The standard InChI is InChI=1S/C22H24N4O3/c1-2-23-12-14-29-16-8-6-15(7-9-16)24-22(28)20-18(27)11-10-17-21(20)25-19-5-3-4-13-26(17)19/h3-9,13,23,27H,2,10-12,14H2,1H3,(H,24,28). The van der Waals surface area contributed by atoms with Crippen molar-refractivity contribution in [2.75, 3.05) is 25.0 Å². The van der Waals surface area contributed by atoms with Crippen LogP contribution in [0.2, 0.25) is 0 Å². The van der Waals surface area contributed by atoms with Crippen molar-refractivity contribution in [1.29, 1.82) is 0 Å². The van der Waals surface area contributed by atoms with Gasteiger partial charge in [0.15, 0.2) is 0 Å². The molecule has 1 aromatic carbocycles. The number of hydrogen-bond acceptors (Lipinski definition) is 5. The number of aryl methyl sites for hydroxylation is 1. The van der Waals surface area contributed by atoms with Crippen LogP contribution in [0, 0.1) is 0 Å². The van der Waals surface area contributed by atoms with E-state index in [4.69, 9.17) is 4.74 Å². The van der Waals surface area contributed by atoms with Crippen molar-refractivity contribution < 1.29 is 14.6 Å². The van der Waals surface area contributed by atoms with Crippen LogP contribution in [-0.2, 0) is 11.2 Å². The Balaban J connectivity index is 1.50. The highest BCUT2D eigenvalue weighted by atomic mass is 16.5. The summed E-state index contributed by atoms with van der Waals surface area (Å²) < 4.78 is 7.61. The topological polar surface area (TPSA) is 87.9 Å². The zero-order chi connectivity index (χ0) is 20.2. The number of nitrogens with one attached hydrogen (secondary N) is 2. The van der Waals surface area contributed by atoms with Crippen LogP contribution in [-0.4, -0.2) is 40.1 Å². The van der Waals surface area contributed by atoms with Crippen LogP contribution in [0.1, 0.15) is 24.7 Å². The van der Waals surface area contributed by atoms with Gasteiger partial charge in [-0.1, -0.05) is 13.0 Å². The highest BCUT2D eigenvalue weighted by Gasteiger charge is 2.28. The average molecular weight is 392 g/mol. The first-order valence-electron chi connectivity index (χ1n) is 9.80. The van der Waals surface area contributed by atoms with Crippen molar-refractivity contribution in [2.24, 2.45) is 0 Å². The number of carbonyl (C=O) groups excluding carboxylic acids is 1. The number of aromatic nitrogens is 2. The molecule has 1 aliphatic carbocycles. The predicted molar refractivity (Wildman–Crippen MR) is 112 cm³/mol. The molecule has 1 amide bonds. The third-order valence-corrected chi connectivity index (χ3v) is 4.89. The monoisotopic (exact) mass is 392 g/mol. The number of aliphatic hydroxyl groups is 1. The fourth-order valence-electron chi connectivity index (χ4n) is 3.47. The number of benzene rings is 1. The minimum absolute atomic E-state index is 0.0711. The number of carbonyl (C=O) groups is 1. The van der Waals surface area contributed by atoms with Crippen molar-refractivity contribution in [1.82, 2.24) is 14.7 Å². The molecule has 0 spiro atoms. The minimum Gasteiger partial charge on any atom is -0.511 e. The normalized spacial score (nSPS) is 13.4. The van der Waals surface area contributed by atoms with E-state index >= 15 is 0 Å². The molecule has 0 saturated carbocycles. The Labute approximate surface area is 169 Å². The van der Waals surface area contributed by atoms with Crippen LogP contribution in [0.15, 0.2) is 54.4 Å². The predicted octanol–water partition coefficient (Wildman–Crippen LogP) is 3.18. The van der Waals surface area contributed by atoms with E-state index in [2.05, 4.69) is 15.6 Å². The maximum Gasteiger partial charge on any atom is 0.261 e. The van der Waals surface area contributed by atoms with E-state index in [1.54, 1.807) is 12.1 Å². The largest absolute Gasteiger partial charge is 0.511 e. The van der Waals surface area contributed by atoms with Gasteiger partial charge in [0, 0.05) is 24.8 Å². The smallest absolute Gasteiger partial charge is 0.261 e. The van der Waals surface area contributed by atoms with Gasteiger partial charge >= 0.3 is 0 Å². The van der Waals surface area contributed by atoms with Gasteiger partial charge in [-0.25, -0.2) is 4.98 Å². The second-order valence-electron chi connectivity index (χ2n) is 6.84. The number of imidazole rings is 1. The SMILES string of the molecule is CCNCCOc1ccc(NC(=O)C2=C(O)CCc3c2nc2ccccn32)cc1. The molecule has 0 atom stereocenters. The maximum atomic E-state index is 12.9. The number of likely N-dealkylation sites (N-methyl/N-ethyl adjacent to an activating group) is 1. The molecule has 3 N–H and O–H groups in total. The number of anilines is 1. The fourth-order valence-corrected chi connectivity index (χ4v) is 3.47. The van der Waals surface area contributed by atoms with E-state index in [-0.39, 0.29) is 17.2 Å². The van der Waals surface area contributed by atoms with Gasteiger partial charge in [-0.2, -0.15) is 0 Å². The molecule has 4 rings (SSSR count). The molecule has 0 fully saturated rings. The Kier molecular flexibility index (Phi) is 5.48. The van der Waals surface area contributed by atoms with Crippen molar-refractivity contribution in [2.45, 2.75) is 19.8 Å². The Bertz CT molecular complexity index is 1050. The summed E-state index contributed by atoms with van der Waals surface area (Å²) in [5, 5.41) is 16.5. The molecule has 150 valence electrons. The molecule has 1 aliphatic rings. The highest BCUT2D eigenvalue weighted by molar-refractivity contribution is 6.26. The summed E-state index contributed by atoms with van der Waals surface area (Å²) in [6.45, 7) is 4.32. The number of amides is 1. The summed E-state index contributed by atoms with van der Waals surface area (Å²) in [4.78, 5) is 17.5. The number of pyridine rings is 1. The first-order valence-corrected chi connectivity index (χ1v) is 9.80. The lowest BCUT2D eigenvalue weighted by atomic mass is 9.97. The lowest BCUT2D eigenvalue weighted by Gasteiger charge is -2.16. The summed E-state index contributed by atoms with van der Waals surface area (Å²) in [5.74, 6) is 0.442. The number of hydrogen-bond donors (Lipinski definition) is 3. The minimum atomic E-state index is -0.368. The zero-order valence-corrected chi connectivity index (χ0v) is 16.3. The van der Waals surface area contributed by atoms with Crippen LogP contribution in [0.25, 0.3) is 11.2 Å². The molecule has 0 saturated heterocycles. The second kappa shape index (κ2) is 8.36. The molecule has 7 nitrogen and oxygen atoms in total. The van der Waals surface area contributed by atoms with Crippen molar-refractivity contribution in [3.8, 4) is 5.75 Å². The van der Waals surface area contributed by atoms with Gasteiger partial charge < -0.3 is 24.9 Å². The molecule has 3 aromatic rings. The molecule has 0 bridgehead atoms. The molecular formula is C22H24N4O3. The lowest BCUT2D eigenvalue weighted by molar-refractivity contribution is -0.111. The van der Waals surface area contributed by atoms with E-state index in [9.17, 15) is 9.90 Å². The van der Waals surface area contributed by atoms with E-state index in [0.717, 1.165) is 30.2 Å². The van der Waals surface area contributed by atoms with Gasteiger partial charge in [-0.3, -0.25) is 4.79 Å². The molecule has 2 heterocycles. The summed E-state index contributed by atoms with van der Waals surface area (Å²) >= 11 is 0. The molecule has 0 radical (unpaired) electrons. The third-order valence-electron chi connectivity index (χ3n) is 4.89. The average Bonchev–Trinajstić information content (AvgIpc) is 3.10. The molecule has 2 aromatic heterocycles.